The first-order valence-corrected chi connectivity index (χ1v) is 9.94. The van der Waals surface area contributed by atoms with Gasteiger partial charge in [-0.3, -0.25) is 0 Å². The third-order valence-electron chi connectivity index (χ3n) is 8.46. The van der Waals surface area contributed by atoms with E-state index in [2.05, 4.69) is 13.8 Å². The van der Waals surface area contributed by atoms with Crippen molar-refractivity contribution in [2.75, 3.05) is 19.8 Å². The van der Waals surface area contributed by atoms with E-state index in [1.807, 2.05) is 6.92 Å². The Bertz CT molecular complexity index is 498. The molecule has 5 heteroatoms. The SMILES string of the molecule is C[C@H]1CC[C@@H]2[C@@](C)(CO)[C@H](O)CC[C@]2(C)[C@]12CC[C@](CO)(CCO)O2. The number of hydrogen-bond donors (Lipinski definition) is 4. The summed E-state index contributed by atoms with van der Waals surface area (Å²) in [6.07, 6.45) is 5.15. The average Bonchev–Trinajstić information content (AvgIpc) is 2.99. The molecule has 3 aliphatic rings. The molecule has 1 spiro atoms. The van der Waals surface area contributed by atoms with E-state index < -0.39 is 17.1 Å². The molecular formula is C20H36O5. The van der Waals surface area contributed by atoms with Gasteiger partial charge in [0.25, 0.3) is 0 Å². The van der Waals surface area contributed by atoms with Crippen LogP contribution in [-0.2, 0) is 4.74 Å². The standard InChI is InChI=1S/C20H36O5/c1-14-4-5-15-17(2,12-22)16(24)6-7-18(15,3)20(14)9-8-19(13-23,25-20)10-11-21/h14-16,21-24H,4-13H2,1-3H3/t14-,15+,16+,17+,18-,19+,20-/m0/s1. The van der Waals surface area contributed by atoms with Gasteiger partial charge in [0.2, 0.25) is 0 Å². The van der Waals surface area contributed by atoms with Crippen LogP contribution in [0.15, 0.2) is 0 Å². The van der Waals surface area contributed by atoms with E-state index in [9.17, 15) is 20.4 Å². The second kappa shape index (κ2) is 6.45. The van der Waals surface area contributed by atoms with Crippen LogP contribution in [-0.4, -0.2) is 57.6 Å². The Balaban J connectivity index is 2.02. The van der Waals surface area contributed by atoms with Crippen LogP contribution in [0.25, 0.3) is 0 Å². The van der Waals surface area contributed by atoms with Crippen molar-refractivity contribution in [3.05, 3.63) is 0 Å². The topological polar surface area (TPSA) is 90.2 Å². The van der Waals surface area contributed by atoms with E-state index in [-0.39, 0.29) is 36.8 Å². The third-order valence-corrected chi connectivity index (χ3v) is 8.46. The van der Waals surface area contributed by atoms with Crippen LogP contribution in [0, 0.1) is 22.7 Å². The molecule has 5 nitrogen and oxygen atoms in total. The molecular weight excluding hydrogens is 320 g/mol. The van der Waals surface area contributed by atoms with Crippen molar-refractivity contribution < 1.29 is 25.2 Å². The number of rotatable bonds is 4. The van der Waals surface area contributed by atoms with E-state index in [0.717, 1.165) is 32.1 Å². The first kappa shape index (κ1) is 19.6. The van der Waals surface area contributed by atoms with E-state index >= 15 is 0 Å². The van der Waals surface area contributed by atoms with Gasteiger partial charge in [0.05, 0.1) is 30.5 Å². The van der Waals surface area contributed by atoms with Crippen LogP contribution in [0.2, 0.25) is 0 Å². The highest BCUT2D eigenvalue weighted by molar-refractivity contribution is 5.17. The Morgan fingerprint density at radius 3 is 2.28 bits per heavy atom. The zero-order valence-corrected chi connectivity index (χ0v) is 16.0. The molecule has 0 aromatic heterocycles. The van der Waals surface area contributed by atoms with Gasteiger partial charge < -0.3 is 25.2 Å². The number of aliphatic hydroxyl groups is 4. The normalized spacial score (nSPS) is 53.2. The lowest BCUT2D eigenvalue weighted by Gasteiger charge is -2.65. The Labute approximate surface area is 151 Å². The summed E-state index contributed by atoms with van der Waals surface area (Å²) in [6.45, 7) is 6.47. The fraction of sp³-hybridized carbons (Fsp3) is 1.00. The summed E-state index contributed by atoms with van der Waals surface area (Å²) in [4.78, 5) is 0. The van der Waals surface area contributed by atoms with E-state index in [0.29, 0.717) is 18.8 Å². The molecule has 0 radical (unpaired) electrons. The molecule has 2 aliphatic carbocycles. The zero-order valence-electron chi connectivity index (χ0n) is 16.0. The molecule has 0 aromatic rings. The fourth-order valence-electron chi connectivity index (χ4n) is 6.70. The summed E-state index contributed by atoms with van der Waals surface area (Å²) in [6, 6.07) is 0. The predicted octanol–water partition coefficient (Wildman–Crippen LogP) is 1.85. The Hall–Kier alpha value is -0.200. The highest BCUT2D eigenvalue weighted by atomic mass is 16.5. The minimum Gasteiger partial charge on any atom is -0.396 e. The molecule has 0 bridgehead atoms. The summed E-state index contributed by atoms with van der Waals surface area (Å²) in [5.41, 5.74) is -1.66. The van der Waals surface area contributed by atoms with Gasteiger partial charge in [-0.25, -0.2) is 0 Å². The second-order valence-electron chi connectivity index (χ2n) is 9.47. The minimum atomic E-state index is -0.653. The van der Waals surface area contributed by atoms with E-state index in [1.54, 1.807) is 0 Å². The number of fused-ring (bicyclic) bond motifs is 2. The monoisotopic (exact) mass is 356 g/mol. The molecule has 1 heterocycles. The Kier molecular flexibility index (Phi) is 5.05. The maximum atomic E-state index is 10.6. The molecule has 146 valence electrons. The Morgan fingerprint density at radius 1 is 0.960 bits per heavy atom. The lowest BCUT2D eigenvalue weighted by molar-refractivity contribution is -0.272. The summed E-state index contributed by atoms with van der Waals surface area (Å²) < 4.78 is 6.75. The van der Waals surface area contributed by atoms with Crippen LogP contribution >= 0.6 is 0 Å². The number of ether oxygens (including phenoxy) is 1. The number of aliphatic hydroxyl groups excluding tert-OH is 4. The van der Waals surface area contributed by atoms with Crippen LogP contribution in [0.3, 0.4) is 0 Å². The lowest BCUT2D eigenvalue weighted by atomic mass is 9.43. The first-order chi connectivity index (χ1) is 11.7. The Morgan fingerprint density at radius 2 is 1.68 bits per heavy atom. The van der Waals surface area contributed by atoms with Crippen LogP contribution < -0.4 is 0 Å². The molecule has 0 unspecified atom stereocenters. The highest BCUT2D eigenvalue weighted by Gasteiger charge is 2.68. The van der Waals surface area contributed by atoms with Crippen molar-refractivity contribution in [1.82, 2.24) is 0 Å². The molecule has 25 heavy (non-hydrogen) atoms. The molecule has 0 aromatic carbocycles. The maximum Gasteiger partial charge on any atom is 0.0942 e. The van der Waals surface area contributed by atoms with Gasteiger partial charge in [-0.15, -0.1) is 0 Å². The molecule has 7 atom stereocenters. The maximum absolute atomic E-state index is 10.6. The smallest absolute Gasteiger partial charge is 0.0942 e. The summed E-state index contributed by atoms with van der Waals surface area (Å²) in [5, 5.41) is 40.2. The molecule has 0 amide bonds. The molecule has 1 aliphatic heterocycles. The van der Waals surface area contributed by atoms with Crippen LogP contribution in [0.4, 0.5) is 0 Å². The largest absolute Gasteiger partial charge is 0.396 e. The quantitative estimate of drug-likeness (QED) is 0.617. The first-order valence-electron chi connectivity index (χ1n) is 9.94. The molecule has 3 fully saturated rings. The highest BCUT2D eigenvalue weighted by Crippen LogP contribution is 2.67. The van der Waals surface area contributed by atoms with Gasteiger partial charge in [0, 0.05) is 23.9 Å². The van der Waals surface area contributed by atoms with Gasteiger partial charge in [-0.1, -0.05) is 20.8 Å². The van der Waals surface area contributed by atoms with Crippen molar-refractivity contribution >= 4 is 0 Å². The van der Waals surface area contributed by atoms with Crippen molar-refractivity contribution in [3.8, 4) is 0 Å². The van der Waals surface area contributed by atoms with Gasteiger partial charge in [-0.2, -0.15) is 0 Å². The van der Waals surface area contributed by atoms with Crippen molar-refractivity contribution in [1.29, 1.82) is 0 Å². The van der Waals surface area contributed by atoms with Crippen molar-refractivity contribution in [3.63, 3.8) is 0 Å². The van der Waals surface area contributed by atoms with Crippen molar-refractivity contribution in [2.24, 2.45) is 22.7 Å². The number of hydrogen-bond acceptors (Lipinski definition) is 5. The van der Waals surface area contributed by atoms with Gasteiger partial charge in [-0.05, 0) is 50.4 Å². The second-order valence-corrected chi connectivity index (χ2v) is 9.47. The summed E-state index contributed by atoms with van der Waals surface area (Å²) in [5.74, 6) is 0.549. The van der Waals surface area contributed by atoms with Crippen molar-refractivity contribution in [2.45, 2.75) is 83.0 Å². The average molecular weight is 357 g/mol. The van der Waals surface area contributed by atoms with E-state index in [4.69, 9.17) is 4.74 Å². The zero-order chi connectivity index (χ0) is 18.5. The fourth-order valence-corrected chi connectivity index (χ4v) is 6.70. The van der Waals surface area contributed by atoms with Gasteiger partial charge >= 0.3 is 0 Å². The predicted molar refractivity (Wildman–Crippen MR) is 95.0 cm³/mol. The lowest BCUT2D eigenvalue weighted by Crippen LogP contribution is -2.66. The summed E-state index contributed by atoms with van der Waals surface area (Å²) >= 11 is 0. The van der Waals surface area contributed by atoms with Gasteiger partial charge in [0.1, 0.15) is 0 Å². The molecule has 2 saturated carbocycles. The van der Waals surface area contributed by atoms with Crippen LogP contribution in [0.5, 0.6) is 0 Å². The van der Waals surface area contributed by atoms with Gasteiger partial charge in [0.15, 0.2) is 0 Å². The summed E-state index contributed by atoms with van der Waals surface area (Å²) in [7, 11) is 0. The molecule has 1 saturated heterocycles. The minimum absolute atomic E-state index is 0.0121. The molecule has 3 rings (SSSR count). The molecule has 4 N–H and O–H groups in total. The third kappa shape index (κ3) is 2.53. The van der Waals surface area contributed by atoms with Crippen LogP contribution in [0.1, 0.15) is 65.7 Å². The van der Waals surface area contributed by atoms with E-state index in [1.165, 1.54) is 0 Å².